The van der Waals surface area contributed by atoms with Gasteiger partial charge in [-0.3, -0.25) is 0 Å². The standard InChI is InChI=1S/C24H27NO4S/c1-16(27-2)22(24(26)29-4)21-8-6-5-7-18(21)15-30-23(17-9-10-17)25-19-11-13-20(28-3)14-12-19/h5-8,11-14,17H,9-10,15H2,1-4H3/b22-16+,25-23?. The number of methoxy groups -OCH3 is 3. The largest absolute Gasteiger partial charge is 0.500 e. The second-order valence-corrected chi connectivity index (χ2v) is 7.99. The zero-order valence-corrected chi connectivity index (χ0v) is 18.6. The van der Waals surface area contributed by atoms with Crippen LogP contribution in [0.1, 0.15) is 30.9 Å². The van der Waals surface area contributed by atoms with Gasteiger partial charge >= 0.3 is 5.97 Å². The van der Waals surface area contributed by atoms with Crippen LogP contribution in [0.25, 0.3) is 5.57 Å². The Kier molecular flexibility index (Phi) is 7.57. The van der Waals surface area contributed by atoms with Crippen LogP contribution in [0.15, 0.2) is 59.3 Å². The van der Waals surface area contributed by atoms with Crippen LogP contribution in [0.5, 0.6) is 5.75 Å². The molecule has 1 aliphatic carbocycles. The summed E-state index contributed by atoms with van der Waals surface area (Å²) in [6.45, 7) is 1.77. The maximum Gasteiger partial charge on any atom is 0.341 e. The third-order valence-corrected chi connectivity index (χ3v) is 6.12. The zero-order valence-electron chi connectivity index (χ0n) is 17.8. The number of hydrogen-bond donors (Lipinski definition) is 0. The van der Waals surface area contributed by atoms with E-state index < -0.39 is 5.97 Å². The predicted octanol–water partition coefficient (Wildman–Crippen LogP) is 5.62. The van der Waals surface area contributed by atoms with Gasteiger partial charge in [0.15, 0.2) is 0 Å². The third kappa shape index (κ3) is 5.45. The van der Waals surface area contributed by atoms with E-state index in [4.69, 9.17) is 19.2 Å². The number of carbonyl (C=O) groups is 1. The Morgan fingerprint density at radius 1 is 1.03 bits per heavy atom. The fourth-order valence-corrected chi connectivity index (χ4v) is 4.24. The van der Waals surface area contributed by atoms with Crippen LogP contribution in [-0.4, -0.2) is 32.3 Å². The van der Waals surface area contributed by atoms with Crippen molar-refractivity contribution in [3.05, 3.63) is 65.4 Å². The van der Waals surface area contributed by atoms with Crippen molar-refractivity contribution in [2.24, 2.45) is 10.9 Å². The van der Waals surface area contributed by atoms with Crippen molar-refractivity contribution in [1.29, 1.82) is 0 Å². The zero-order chi connectivity index (χ0) is 21.5. The molecule has 0 aromatic heterocycles. The predicted molar refractivity (Wildman–Crippen MR) is 122 cm³/mol. The highest BCUT2D eigenvalue weighted by Crippen LogP contribution is 2.38. The molecule has 2 aromatic rings. The van der Waals surface area contributed by atoms with E-state index in [1.807, 2.05) is 48.5 Å². The maximum absolute atomic E-state index is 12.4. The summed E-state index contributed by atoms with van der Waals surface area (Å²) in [5, 5.41) is 1.13. The average molecular weight is 426 g/mol. The Morgan fingerprint density at radius 3 is 2.33 bits per heavy atom. The van der Waals surface area contributed by atoms with Gasteiger partial charge in [0.05, 0.1) is 32.1 Å². The van der Waals surface area contributed by atoms with E-state index in [2.05, 4.69) is 0 Å². The van der Waals surface area contributed by atoms with Crippen LogP contribution in [-0.2, 0) is 20.0 Å². The van der Waals surface area contributed by atoms with Gasteiger partial charge < -0.3 is 14.2 Å². The van der Waals surface area contributed by atoms with E-state index in [-0.39, 0.29) is 0 Å². The fraction of sp³-hybridized carbons (Fsp3) is 0.333. The third-order valence-electron chi connectivity index (χ3n) is 4.95. The lowest BCUT2D eigenvalue weighted by Gasteiger charge is -2.14. The highest BCUT2D eigenvalue weighted by molar-refractivity contribution is 8.13. The Labute approximate surface area is 182 Å². The number of ether oxygens (including phenoxy) is 3. The van der Waals surface area contributed by atoms with Crippen molar-refractivity contribution in [2.45, 2.75) is 25.5 Å². The van der Waals surface area contributed by atoms with Gasteiger partial charge in [0.25, 0.3) is 0 Å². The molecule has 158 valence electrons. The quantitative estimate of drug-likeness (QED) is 0.181. The Bertz CT molecular complexity index is 946. The Balaban J connectivity index is 1.85. The summed E-state index contributed by atoms with van der Waals surface area (Å²) in [7, 11) is 4.60. The number of rotatable bonds is 8. The molecular weight excluding hydrogens is 398 g/mol. The smallest absolute Gasteiger partial charge is 0.341 e. The molecule has 0 N–H and O–H groups in total. The number of nitrogens with zero attached hydrogens (tertiary/aromatic N) is 1. The summed E-state index contributed by atoms with van der Waals surface area (Å²) >= 11 is 1.72. The molecule has 30 heavy (non-hydrogen) atoms. The van der Waals surface area contributed by atoms with E-state index in [0.717, 1.165) is 27.6 Å². The SMILES string of the molecule is COC(=O)/C(=C(\C)OC)c1ccccc1CSC(=Nc1ccc(OC)cc1)C1CC1. The first-order chi connectivity index (χ1) is 14.6. The summed E-state index contributed by atoms with van der Waals surface area (Å²) in [5.74, 6) is 2.17. The summed E-state index contributed by atoms with van der Waals surface area (Å²) < 4.78 is 15.6. The molecule has 0 amide bonds. The summed E-state index contributed by atoms with van der Waals surface area (Å²) in [5.41, 5.74) is 3.25. The molecule has 2 aromatic carbocycles. The Morgan fingerprint density at radius 2 is 1.73 bits per heavy atom. The molecule has 5 nitrogen and oxygen atoms in total. The minimum Gasteiger partial charge on any atom is -0.500 e. The first-order valence-corrected chi connectivity index (χ1v) is 10.8. The molecule has 0 aliphatic heterocycles. The number of aliphatic imine (C=N–C) groups is 1. The minimum absolute atomic E-state index is 0.402. The molecule has 1 aliphatic rings. The highest BCUT2D eigenvalue weighted by Gasteiger charge is 2.28. The number of hydrogen-bond acceptors (Lipinski definition) is 6. The van der Waals surface area contributed by atoms with Gasteiger partial charge in [0.1, 0.15) is 17.1 Å². The molecule has 0 spiro atoms. The monoisotopic (exact) mass is 425 g/mol. The van der Waals surface area contributed by atoms with E-state index in [9.17, 15) is 4.79 Å². The van der Waals surface area contributed by atoms with Gasteiger partial charge in [-0.25, -0.2) is 9.79 Å². The second-order valence-electron chi connectivity index (χ2n) is 7.00. The van der Waals surface area contributed by atoms with Crippen LogP contribution in [0.4, 0.5) is 5.69 Å². The average Bonchev–Trinajstić information content (AvgIpc) is 3.63. The maximum atomic E-state index is 12.4. The van der Waals surface area contributed by atoms with Crippen molar-refractivity contribution >= 4 is 34.0 Å². The van der Waals surface area contributed by atoms with Gasteiger partial charge in [-0.15, -0.1) is 11.8 Å². The minimum atomic E-state index is -0.402. The fourth-order valence-electron chi connectivity index (χ4n) is 3.04. The van der Waals surface area contributed by atoms with Gasteiger partial charge in [0, 0.05) is 11.7 Å². The van der Waals surface area contributed by atoms with Crippen LogP contribution in [0.2, 0.25) is 0 Å². The van der Waals surface area contributed by atoms with Crippen molar-refractivity contribution in [1.82, 2.24) is 0 Å². The molecule has 0 radical (unpaired) electrons. The van der Waals surface area contributed by atoms with E-state index in [1.54, 1.807) is 32.9 Å². The van der Waals surface area contributed by atoms with Gasteiger partial charge in [-0.05, 0) is 55.2 Å². The lowest BCUT2D eigenvalue weighted by Crippen LogP contribution is -2.09. The molecule has 3 rings (SSSR count). The van der Waals surface area contributed by atoms with E-state index in [1.165, 1.54) is 20.0 Å². The molecular formula is C24H27NO4S. The summed E-state index contributed by atoms with van der Waals surface area (Å²) in [4.78, 5) is 17.3. The molecule has 0 atom stereocenters. The molecule has 1 fully saturated rings. The van der Waals surface area contributed by atoms with Crippen LogP contribution in [0.3, 0.4) is 0 Å². The normalized spacial score (nSPS) is 14.7. The molecule has 1 saturated carbocycles. The van der Waals surface area contributed by atoms with Crippen molar-refractivity contribution in [2.75, 3.05) is 21.3 Å². The lowest BCUT2D eigenvalue weighted by atomic mass is 9.99. The number of carbonyl (C=O) groups excluding carboxylic acids is 1. The summed E-state index contributed by atoms with van der Waals surface area (Å²) in [6.07, 6.45) is 2.33. The van der Waals surface area contributed by atoms with Crippen molar-refractivity contribution < 1.29 is 19.0 Å². The Hall–Kier alpha value is -2.73. The first-order valence-electron chi connectivity index (χ1n) is 9.84. The molecule has 0 bridgehead atoms. The molecule has 0 heterocycles. The van der Waals surface area contributed by atoms with Crippen molar-refractivity contribution in [3.63, 3.8) is 0 Å². The van der Waals surface area contributed by atoms with E-state index in [0.29, 0.717) is 23.0 Å². The lowest BCUT2D eigenvalue weighted by molar-refractivity contribution is -0.133. The van der Waals surface area contributed by atoms with Crippen LogP contribution in [0, 0.1) is 5.92 Å². The van der Waals surface area contributed by atoms with Crippen molar-refractivity contribution in [3.8, 4) is 5.75 Å². The number of esters is 1. The van der Waals surface area contributed by atoms with Gasteiger partial charge in [-0.2, -0.15) is 0 Å². The number of thioether (sulfide) groups is 1. The van der Waals surface area contributed by atoms with Crippen LogP contribution >= 0.6 is 11.8 Å². The topological polar surface area (TPSA) is 57.1 Å². The first kappa shape index (κ1) is 22.0. The highest BCUT2D eigenvalue weighted by atomic mass is 32.2. The second kappa shape index (κ2) is 10.3. The molecule has 6 heteroatoms. The van der Waals surface area contributed by atoms with Gasteiger partial charge in [-0.1, -0.05) is 24.3 Å². The van der Waals surface area contributed by atoms with Gasteiger partial charge in [0.2, 0.25) is 0 Å². The molecule has 0 unspecified atom stereocenters. The molecule has 0 saturated heterocycles. The number of allylic oxidation sites excluding steroid dienone is 1. The summed E-state index contributed by atoms with van der Waals surface area (Å²) in [6, 6.07) is 15.6. The number of benzene rings is 2. The van der Waals surface area contributed by atoms with Crippen LogP contribution < -0.4 is 4.74 Å². The van der Waals surface area contributed by atoms with E-state index >= 15 is 0 Å².